The van der Waals surface area contributed by atoms with E-state index in [1.165, 1.54) is 5.57 Å². The molecule has 0 unspecified atom stereocenters. The van der Waals surface area contributed by atoms with E-state index in [4.69, 9.17) is 10.5 Å². The molecule has 0 saturated carbocycles. The van der Waals surface area contributed by atoms with Gasteiger partial charge < -0.3 is 20.5 Å². The lowest BCUT2D eigenvalue weighted by Crippen LogP contribution is -2.44. The van der Waals surface area contributed by atoms with Crippen LogP contribution in [0.15, 0.2) is 54.0 Å². The molecule has 3 aromatic rings. The SMILES string of the molecule is CC1=C2C[C@@H](Oc3ccc(-c4ccc(-c5cn[nH]c5)cc4O)nn3)C[C@H](C1)N2C(=O)CCN. The van der Waals surface area contributed by atoms with Gasteiger partial charge in [-0.1, -0.05) is 11.6 Å². The largest absolute Gasteiger partial charge is 0.507 e. The van der Waals surface area contributed by atoms with E-state index in [9.17, 15) is 9.90 Å². The van der Waals surface area contributed by atoms with Gasteiger partial charge >= 0.3 is 0 Å². The molecule has 0 radical (unpaired) electrons. The summed E-state index contributed by atoms with van der Waals surface area (Å²) < 4.78 is 6.12. The van der Waals surface area contributed by atoms with Gasteiger partial charge in [0, 0.05) is 60.9 Å². The maximum Gasteiger partial charge on any atom is 0.233 e. The standard InChI is InChI=1S/C24H26N6O3/c1-14-8-17-10-18(11-21(14)30(17)24(32)6-7-25)33-23-5-4-20(28-29-23)19-3-2-15(9-22(19)31)16-12-26-27-13-16/h2-5,9,12-13,17-18,31H,6-8,10-11,25H2,1H3,(H,26,27)/t17-,18-/m0/s1. The molecule has 0 spiro atoms. The van der Waals surface area contributed by atoms with Crippen LogP contribution in [0.25, 0.3) is 22.4 Å². The van der Waals surface area contributed by atoms with E-state index in [0.29, 0.717) is 36.5 Å². The number of fused-ring (bicyclic) bond motifs is 2. The van der Waals surface area contributed by atoms with Gasteiger partial charge in [0.2, 0.25) is 11.8 Å². The minimum atomic E-state index is -0.0628. The maximum absolute atomic E-state index is 12.5. The molecule has 2 aliphatic heterocycles. The molecule has 33 heavy (non-hydrogen) atoms. The van der Waals surface area contributed by atoms with Crippen LogP contribution in [-0.2, 0) is 4.79 Å². The predicted octanol–water partition coefficient (Wildman–Crippen LogP) is 3.00. The number of H-pyrrole nitrogens is 1. The first-order valence-electron chi connectivity index (χ1n) is 11.1. The van der Waals surface area contributed by atoms with Crippen molar-refractivity contribution in [1.82, 2.24) is 25.3 Å². The lowest BCUT2D eigenvalue weighted by molar-refractivity contribution is -0.132. The van der Waals surface area contributed by atoms with Crippen LogP contribution >= 0.6 is 0 Å². The van der Waals surface area contributed by atoms with Crippen molar-refractivity contribution in [3.63, 3.8) is 0 Å². The van der Waals surface area contributed by atoms with Crippen molar-refractivity contribution in [1.29, 1.82) is 0 Å². The maximum atomic E-state index is 12.5. The molecule has 9 nitrogen and oxygen atoms in total. The highest BCUT2D eigenvalue weighted by Crippen LogP contribution is 2.40. The lowest BCUT2D eigenvalue weighted by atomic mass is 10.00. The average molecular weight is 447 g/mol. The highest BCUT2D eigenvalue weighted by molar-refractivity contribution is 5.80. The molecule has 2 aliphatic rings. The monoisotopic (exact) mass is 446 g/mol. The fourth-order valence-corrected chi connectivity index (χ4v) is 4.77. The predicted molar refractivity (Wildman–Crippen MR) is 122 cm³/mol. The smallest absolute Gasteiger partial charge is 0.233 e. The van der Waals surface area contributed by atoms with E-state index in [-0.39, 0.29) is 23.8 Å². The van der Waals surface area contributed by atoms with E-state index in [1.54, 1.807) is 30.6 Å². The Kier molecular flexibility index (Phi) is 5.55. The summed E-state index contributed by atoms with van der Waals surface area (Å²) >= 11 is 0. The number of ether oxygens (including phenoxy) is 1. The van der Waals surface area contributed by atoms with E-state index in [0.717, 1.165) is 29.7 Å². The lowest BCUT2D eigenvalue weighted by Gasteiger charge is -2.36. The van der Waals surface area contributed by atoms with Crippen molar-refractivity contribution in [2.75, 3.05) is 6.54 Å². The highest BCUT2D eigenvalue weighted by Gasteiger charge is 2.41. The summed E-state index contributed by atoms with van der Waals surface area (Å²) in [6.07, 6.45) is 6.05. The van der Waals surface area contributed by atoms with Crippen molar-refractivity contribution >= 4 is 5.91 Å². The Labute approximate surface area is 191 Å². The Balaban J connectivity index is 1.27. The van der Waals surface area contributed by atoms with Crippen LogP contribution in [0.1, 0.15) is 32.6 Å². The van der Waals surface area contributed by atoms with Crippen LogP contribution in [0.5, 0.6) is 11.6 Å². The summed E-state index contributed by atoms with van der Waals surface area (Å²) in [7, 11) is 0. The highest BCUT2D eigenvalue weighted by atomic mass is 16.5. The molecule has 0 aliphatic carbocycles. The molecule has 2 atom stereocenters. The Morgan fingerprint density at radius 3 is 2.79 bits per heavy atom. The Morgan fingerprint density at radius 2 is 2.12 bits per heavy atom. The zero-order valence-corrected chi connectivity index (χ0v) is 18.4. The van der Waals surface area contributed by atoms with Gasteiger partial charge in [-0.25, -0.2) is 0 Å². The van der Waals surface area contributed by atoms with Gasteiger partial charge in [0.05, 0.1) is 11.9 Å². The molecule has 5 rings (SSSR count). The number of nitrogens with zero attached hydrogens (tertiary/aromatic N) is 4. The minimum Gasteiger partial charge on any atom is -0.507 e. The van der Waals surface area contributed by atoms with E-state index < -0.39 is 0 Å². The Hall–Kier alpha value is -3.72. The summed E-state index contributed by atoms with van der Waals surface area (Å²) in [5.41, 5.74) is 10.8. The number of aromatic hydroxyl groups is 1. The van der Waals surface area contributed by atoms with Crippen LogP contribution in [-0.4, -0.2) is 55.0 Å². The molecule has 4 heterocycles. The number of carbonyl (C=O) groups excluding carboxylic acids is 1. The first-order valence-corrected chi connectivity index (χ1v) is 11.1. The average Bonchev–Trinajstić information content (AvgIpc) is 3.40. The van der Waals surface area contributed by atoms with Crippen LogP contribution in [0.4, 0.5) is 0 Å². The number of hydrogen-bond acceptors (Lipinski definition) is 7. The third kappa shape index (κ3) is 4.07. The second kappa shape index (κ2) is 8.67. The van der Waals surface area contributed by atoms with Crippen molar-refractivity contribution in [2.24, 2.45) is 5.73 Å². The molecule has 9 heteroatoms. The summed E-state index contributed by atoms with van der Waals surface area (Å²) in [5.74, 6) is 0.637. The topological polar surface area (TPSA) is 130 Å². The number of nitrogens with two attached hydrogens (primary N) is 1. The number of aromatic amines is 1. The van der Waals surface area contributed by atoms with Crippen LogP contribution < -0.4 is 10.5 Å². The molecule has 1 saturated heterocycles. The van der Waals surface area contributed by atoms with E-state index in [2.05, 4.69) is 27.3 Å². The zero-order valence-electron chi connectivity index (χ0n) is 18.4. The van der Waals surface area contributed by atoms with Gasteiger partial charge in [-0.05, 0) is 37.1 Å². The second-order valence-corrected chi connectivity index (χ2v) is 8.54. The fourth-order valence-electron chi connectivity index (χ4n) is 4.77. The first kappa shape index (κ1) is 21.1. The van der Waals surface area contributed by atoms with Crippen molar-refractivity contribution in [2.45, 2.75) is 44.8 Å². The number of phenolic OH excluding ortho intramolecular Hbond substituents is 1. The number of hydrogen-bond donors (Lipinski definition) is 3. The molecular weight excluding hydrogens is 420 g/mol. The van der Waals surface area contributed by atoms with Gasteiger partial charge in [-0.3, -0.25) is 9.89 Å². The van der Waals surface area contributed by atoms with Gasteiger partial charge in [-0.15, -0.1) is 10.2 Å². The molecule has 1 fully saturated rings. The molecule has 170 valence electrons. The Bertz CT molecular complexity index is 1190. The molecule has 1 aromatic carbocycles. The van der Waals surface area contributed by atoms with Crippen molar-refractivity contribution in [3.05, 3.63) is 54.0 Å². The van der Waals surface area contributed by atoms with Gasteiger partial charge in [-0.2, -0.15) is 5.10 Å². The van der Waals surface area contributed by atoms with Gasteiger partial charge in [0.15, 0.2) is 0 Å². The zero-order chi connectivity index (χ0) is 22.9. The molecular formula is C24H26N6O3. The van der Waals surface area contributed by atoms with Gasteiger partial charge in [0.1, 0.15) is 11.9 Å². The number of piperidine rings is 1. The second-order valence-electron chi connectivity index (χ2n) is 8.54. The number of aromatic nitrogens is 4. The van der Waals surface area contributed by atoms with Crippen LogP contribution in [0.2, 0.25) is 0 Å². The van der Waals surface area contributed by atoms with Crippen molar-refractivity contribution in [3.8, 4) is 34.0 Å². The van der Waals surface area contributed by atoms with E-state index in [1.807, 2.05) is 17.0 Å². The summed E-state index contributed by atoms with van der Waals surface area (Å²) in [5, 5.41) is 25.7. The summed E-state index contributed by atoms with van der Waals surface area (Å²) in [6.45, 7) is 2.44. The normalized spacial score (nSPS) is 19.8. The van der Waals surface area contributed by atoms with Crippen LogP contribution in [0, 0.1) is 0 Å². The van der Waals surface area contributed by atoms with E-state index >= 15 is 0 Å². The minimum absolute atomic E-state index is 0.0628. The third-order valence-electron chi connectivity index (χ3n) is 6.31. The van der Waals surface area contributed by atoms with Crippen LogP contribution in [0.3, 0.4) is 0 Å². The Morgan fingerprint density at radius 1 is 1.24 bits per heavy atom. The van der Waals surface area contributed by atoms with Gasteiger partial charge in [0.25, 0.3) is 0 Å². The number of phenols is 1. The van der Waals surface area contributed by atoms with Crippen molar-refractivity contribution < 1.29 is 14.6 Å². The number of rotatable bonds is 6. The molecule has 1 amide bonds. The molecule has 2 aromatic heterocycles. The number of amides is 1. The molecule has 4 N–H and O–H groups in total. The number of carbonyl (C=O) groups is 1. The number of nitrogens with one attached hydrogen (secondary N) is 1. The fraction of sp³-hybridized carbons (Fsp3) is 0.333. The first-order chi connectivity index (χ1) is 16.0. The number of benzene rings is 1. The quantitative estimate of drug-likeness (QED) is 0.530. The summed E-state index contributed by atoms with van der Waals surface area (Å²) in [4.78, 5) is 14.4. The third-order valence-corrected chi connectivity index (χ3v) is 6.31. The summed E-state index contributed by atoms with van der Waals surface area (Å²) in [6, 6.07) is 9.06. The molecule has 2 bridgehead atoms.